The molecule has 11 nitrogen and oxygen atoms in total. The van der Waals surface area contributed by atoms with E-state index in [0.717, 1.165) is 18.2 Å². The molecule has 0 atom stereocenters. The predicted molar refractivity (Wildman–Crippen MR) is 101 cm³/mol. The predicted octanol–water partition coefficient (Wildman–Crippen LogP) is -4.06. The number of azo groups is 1. The van der Waals surface area contributed by atoms with E-state index in [1.807, 2.05) is 0 Å². The molecule has 3 rings (SSSR count). The summed E-state index contributed by atoms with van der Waals surface area (Å²) in [5, 5.41) is 17.4. The molecule has 0 heterocycles. The summed E-state index contributed by atoms with van der Waals surface area (Å²) in [4.78, 5) is -1.62. The average molecular weight is 482 g/mol. The number of phenols is 1. The Kier molecular flexibility index (Phi) is 9.07. The summed E-state index contributed by atoms with van der Waals surface area (Å²) in [6.07, 6.45) is 0. The monoisotopic (exact) mass is 482 g/mol. The Bertz CT molecular complexity index is 1390. The van der Waals surface area contributed by atoms with Crippen LogP contribution in [0.1, 0.15) is 0 Å². The molecule has 0 aliphatic heterocycles. The Morgan fingerprint density at radius 2 is 1.42 bits per heavy atom. The van der Waals surface area contributed by atoms with Crippen molar-refractivity contribution in [3.63, 3.8) is 0 Å². The van der Waals surface area contributed by atoms with Gasteiger partial charge in [-0.05, 0) is 47.9 Å². The first-order valence-electron chi connectivity index (χ1n) is 7.65. The Hall–Kier alpha value is -1.26. The molecule has 0 saturated heterocycles. The van der Waals surface area contributed by atoms with E-state index in [4.69, 9.17) is 11.5 Å². The molecule has 0 bridgehead atoms. The molecule has 3 aromatic carbocycles. The largest absolute Gasteiger partial charge is 1.00 e. The van der Waals surface area contributed by atoms with Gasteiger partial charge >= 0.3 is 59.1 Å². The van der Waals surface area contributed by atoms with Gasteiger partial charge in [-0.1, -0.05) is 0 Å². The van der Waals surface area contributed by atoms with Crippen LogP contribution < -0.4 is 70.6 Å². The molecule has 0 radical (unpaired) electrons. The number of phenolic OH excluding ortho intramolecular Hbond substituents is 1. The molecule has 0 aliphatic carbocycles. The summed E-state index contributed by atoms with van der Waals surface area (Å²) < 4.78 is 68.5. The fourth-order valence-electron chi connectivity index (χ4n) is 2.53. The van der Waals surface area contributed by atoms with E-state index in [0.29, 0.717) is 11.8 Å². The summed E-state index contributed by atoms with van der Waals surface area (Å²) in [5.41, 5.74) is 11.5. The van der Waals surface area contributed by atoms with Crippen LogP contribution in [-0.4, -0.2) is 31.0 Å². The minimum absolute atomic E-state index is 0. The van der Waals surface area contributed by atoms with Crippen LogP contribution in [0.4, 0.5) is 22.7 Å². The number of hydrogen-bond donors (Lipinski definition) is 3. The molecule has 0 aliphatic rings. The van der Waals surface area contributed by atoms with E-state index in [2.05, 4.69) is 10.2 Å². The van der Waals surface area contributed by atoms with Gasteiger partial charge in [0, 0.05) is 11.1 Å². The van der Waals surface area contributed by atoms with Crippen LogP contribution >= 0.6 is 0 Å². The first-order valence-corrected chi connectivity index (χ1v) is 10.5. The molecule has 0 fully saturated rings. The summed E-state index contributed by atoms with van der Waals surface area (Å²) in [6.45, 7) is 0. The minimum Gasteiger partial charge on any atom is -0.744 e. The smallest absolute Gasteiger partial charge is 0.744 e. The molecule has 3 aromatic rings. The van der Waals surface area contributed by atoms with Crippen LogP contribution in [0.5, 0.6) is 5.75 Å². The summed E-state index contributed by atoms with van der Waals surface area (Å²) >= 11 is 0. The molecule has 152 valence electrons. The normalized spacial score (nSPS) is 11.8. The van der Waals surface area contributed by atoms with Crippen molar-refractivity contribution in [1.82, 2.24) is 0 Å². The van der Waals surface area contributed by atoms with Crippen LogP contribution in [0.15, 0.2) is 62.5 Å². The van der Waals surface area contributed by atoms with Crippen LogP contribution in [0.25, 0.3) is 10.8 Å². The van der Waals surface area contributed by atoms with Crippen molar-refractivity contribution in [2.75, 3.05) is 11.5 Å². The van der Waals surface area contributed by atoms with Crippen LogP contribution in [-0.2, 0) is 20.2 Å². The van der Waals surface area contributed by atoms with E-state index >= 15 is 0 Å². The van der Waals surface area contributed by atoms with Crippen molar-refractivity contribution in [3.05, 3.63) is 42.5 Å². The summed E-state index contributed by atoms with van der Waals surface area (Å²) in [7, 11) is -10.0. The van der Waals surface area contributed by atoms with Gasteiger partial charge in [0.25, 0.3) is 0 Å². The molecule has 31 heavy (non-hydrogen) atoms. The molecule has 5 N–H and O–H groups in total. The second-order valence-electron chi connectivity index (χ2n) is 5.91. The Morgan fingerprint density at radius 1 is 0.806 bits per heavy atom. The third kappa shape index (κ3) is 6.38. The number of fused-ring (bicyclic) bond motifs is 1. The van der Waals surface area contributed by atoms with Gasteiger partial charge in [0.05, 0.1) is 15.5 Å². The number of nitrogen functional groups attached to an aromatic ring is 2. The zero-order chi connectivity index (χ0) is 21.6. The van der Waals surface area contributed by atoms with Crippen LogP contribution in [0.2, 0.25) is 0 Å². The molecule has 0 amide bonds. The molecule has 15 heteroatoms. The van der Waals surface area contributed by atoms with Gasteiger partial charge in [0.2, 0.25) is 0 Å². The maximum absolute atomic E-state index is 11.6. The molecule has 0 unspecified atom stereocenters. The first-order chi connectivity index (χ1) is 13.4. The zero-order valence-corrected chi connectivity index (χ0v) is 21.9. The average Bonchev–Trinajstić information content (AvgIpc) is 2.59. The van der Waals surface area contributed by atoms with E-state index in [1.54, 1.807) is 0 Å². The van der Waals surface area contributed by atoms with Gasteiger partial charge in [-0.3, -0.25) is 0 Å². The van der Waals surface area contributed by atoms with E-state index < -0.39 is 41.5 Å². The molecule has 0 saturated carbocycles. The second-order valence-corrected chi connectivity index (χ2v) is 8.64. The van der Waals surface area contributed by atoms with Crippen molar-refractivity contribution in [3.8, 4) is 5.75 Å². The first kappa shape index (κ1) is 27.8. The third-order valence-corrected chi connectivity index (χ3v) is 5.54. The number of benzene rings is 3. The number of hydrogen-bond acceptors (Lipinski definition) is 11. The SMILES string of the molecule is Nc1ccc(N=Nc2cc3c(O)cc(S(=O)(=O)[O-])cc3cc2S(=O)(=O)[O-])c(N)c1.[Na+].[Na+]. The van der Waals surface area contributed by atoms with Crippen molar-refractivity contribution < 1.29 is 90.2 Å². The minimum atomic E-state index is -5.07. The maximum atomic E-state index is 11.6. The van der Waals surface area contributed by atoms with Crippen molar-refractivity contribution >= 4 is 53.8 Å². The van der Waals surface area contributed by atoms with E-state index in [1.165, 1.54) is 18.2 Å². The molecular formula is C16H12N4Na2O7S2. The van der Waals surface area contributed by atoms with Gasteiger partial charge in [-0.15, -0.1) is 10.2 Å². The van der Waals surface area contributed by atoms with E-state index in [9.17, 15) is 31.0 Å². The number of aromatic hydroxyl groups is 1. The zero-order valence-electron chi connectivity index (χ0n) is 16.3. The van der Waals surface area contributed by atoms with Gasteiger partial charge in [-0.2, -0.15) is 0 Å². The van der Waals surface area contributed by atoms with E-state index in [-0.39, 0.29) is 81.3 Å². The number of anilines is 2. The van der Waals surface area contributed by atoms with Crippen LogP contribution in [0, 0.1) is 0 Å². The number of nitrogens with zero attached hydrogens (tertiary/aromatic N) is 2. The third-order valence-electron chi connectivity index (χ3n) is 3.86. The number of rotatable bonds is 4. The quantitative estimate of drug-likeness (QED) is 0.143. The van der Waals surface area contributed by atoms with Crippen LogP contribution in [0.3, 0.4) is 0 Å². The topological polar surface area (TPSA) is 211 Å². The van der Waals surface area contributed by atoms with Gasteiger partial charge in [-0.25, -0.2) is 16.8 Å². The van der Waals surface area contributed by atoms with Gasteiger partial charge < -0.3 is 25.7 Å². The van der Waals surface area contributed by atoms with Crippen molar-refractivity contribution in [2.24, 2.45) is 10.2 Å². The standard InChI is InChI=1S/C16H14N4O7S2.2Na/c17-9-1-2-13(12(18)5-9)19-20-14-7-11-8(4-16(14)29(25,26)27)3-10(6-15(11)21)28(22,23)24;;/h1-7,21H,17-18H2,(H,22,23,24)(H,25,26,27);;/q;2*+1/p-2. The van der Waals surface area contributed by atoms with Gasteiger partial charge in [0.15, 0.2) is 0 Å². The van der Waals surface area contributed by atoms with Crippen molar-refractivity contribution in [2.45, 2.75) is 9.79 Å². The summed E-state index contributed by atoms with van der Waals surface area (Å²) in [5.74, 6) is -0.629. The molecule has 0 spiro atoms. The Balaban J connectivity index is 0.00000240. The second kappa shape index (κ2) is 10.1. The maximum Gasteiger partial charge on any atom is 1.00 e. The van der Waals surface area contributed by atoms with Crippen molar-refractivity contribution in [1.29, 1.82) is 0 Å². The number of nitrogens with two attached hydrogens (primary N) is 2. The summed E-state index contributed by atoms with van der Waals surface area (Å²) in [6, 6.07) is 7.66. The fraction of sp³-hybridized carbons (Fsp3) is 0. The molecular weight excluding hydrogens is 470 g/mol. The molecule has 0 aromatic heterocycles. The fourth-order valence-corrected chi connectivity index (χ4v) is 3.68. The Labute approximate surface area is 221 Å². The van der Waals surface area contributed by atoms with Gasteiger partial charge in [0.1, 0.15) is 37.4 Å². The Morgan fingerprint density at radius 3 is 1.97 bits per heavy atom.